The van der Waals surface area contributed by atoms with E-state index in [0.29, 0.717) is 21.2 Å². The van der Waals surface area contributed by atoms with Gasteiger partial charge in [0.15, 0.2) is 11.6 Å². The first-order valence-electron chi connectivity index (χ1n) is 5.47. The first kappa shape index (κ1) is 14.9. The van der Waals surface area contributed by atoms with Gasteiger partial charge in [0.1, 0.15) is 0 Å². The average Bonchev–Trinajstić information content (AvgIpc) is 2.67. The molecule has 0 bridgehead atoms. The lowest BCUT2D eigenvalue weighted by atomic mass is 10.2. The number of nitrogens with two attached hydrogens (primary N) is 2. The van der Waals surface area contributed by atoms with Crippen LogP contribution in [0.5, 0.6) is 0 Å². The highest BCUT2D eigenvalue weighted by Crippen LogP contribution is 2.34. The van der Waals surface area contributed by atoms with Gasteiger partial charge in [0, 0.05) is 6.07 Å². The van der Waals surface area contributed by atoms with Gasteiger partial charge in [-0.15, -0.1) is 0 Å². The number of nitrogens with one attached hydrogen (secondary N) is 1. The predicted octanol–water partition coefficient (Wildman–Crippen LogP) is 0.934. The molecule has 0 aliphatic rings. The maximum Gasteiger partial charge on any atom is 0.363 e. The van der Waals surface area contributed by atoms with Crippen molar-refractivity contribution in [1.29, 1.82) is 0 Å². The van der Waals surface area contributed by atoms with Crippen LogP contribution in [0.1, 0.15) is 0 Å². The standard InChI is InChI=1S/C10H13BrN6O2S/c1-17(2,20(18)19)8-4-7-6(3-5(8)11)14-10(15-7)16-9(12)13/h3-4H,1-2H3,(H5-,12,13,14,15,16,18,19)/p+1. The largest absolute Gasteiger partial charge is 0.370 e. The van der Waals surface area contributed by atoms with E-state index in [1.54, 1.807) is 26.2 Å². The Morgan fingerprint density at radius 1 is 1.50 bits per heavy atom. The fraction of sp³-hybridized carbons (Fsp3) is 0.200. The molecule has 0 radical (unpaired) electrons. The van der Waals surface area contributed by atoms with E-state index >= 15 is 0 Å². The van der Waals surface area contributed by atoms with Crippen LogP contribution < -0.4 is 15.4 Å². The van der Waals surface area contributed by atoms with E-state index in [-0.39, 0.29) is 15.8 Å². The number of quaternary nitrogens is 1. The molecule has 2 rings (SSSR count). The molecule has 0 fully saturated rings. The number of hydrogen-bond acceptors (Lipinski definition) is 3. The number of guanidine groups is 1. The molecule has 20 heavy (non-hydrogen) atoms. The summed E-state index contributed by atoms with van der Waals surface area (Å²) in [5.74, 6) is 0.176. The summed E-state index contributed by atoms with van der Waals surface area (Å²) in [6.07, 6.45) is 0. The molecule has 8 nitrogen and oxygen atoms in total. The fourth-order valence-electron chi connectivity index (χ4n) is 1.68. The summed E-state index contributed by atoms with van der Waals surface area (Å²) >= 11 is 1.30. The molecule has 1 atom stereocenters. The van der Waals surface area contributed by atoms with Gasteiger partial charge in [-0.25, -0.2) is 4.98 Å². The number of benzene rings is 1. The Morgan fingerprint density at radius 2 is 2.15 bits per heavy atom. The van der Waals surface area contributed by atoms with Gasteiger partial charge in [0.25, 0.3) is 0 Å². The Morgan fingerprint density at radius 3 is 2.70 bits per heavy atom. The minimum Gasteiger partial charge on any atom is -0.370 e. The molecule has 0 aliphatic carbocycles. The number of aliphatic imine (C=N–C) groups is 1. The van der Waals surface area contributed by atoms with Gasteiger partial charge < -0.3 is 16.5 Å². The molecule has 0 aliphatic heterocycles. The number of imidazole rings is 1. The lowest BCUT2D eigenvalue weighted by Crippen LogP contribution is -2.42. The van der Waals surface area contributed by atoms with Crippen LogP contribution in [0, 0.1) is 0 Å². The van der Waals surface area contributed by atoms with Crippen LogP contribution in [-0.4, -0.2) is 38.8 Å². The van der Waals surface area contributed by atoms with Crippen molar-refractivity contribution in [1.82, 2.24) is 13.9 Å². The van der Waals surface area contributed by atoms with Crippen LogP contribution >= 0.6 is 15.9 Å². The second-order valence-corrected chi connectivity index (χ2v) is 6.73. The van der Waals surface area contributed by atoms with Crippen molar-refractivity contribution in [3.63, 3.8) is 0 Å². The smallest absolute Gasteiger partial charge is 0.363 e. The molecular weight excluding hydrogens is 348 g/mol. The number of H-pyrrole nitrogens is 1. The van der Waals surface area contributed by atoms with E-state index in [9.17, 15) is 8.76 Å². The summed E-state index contributed by atoms with van der Waals surface area (Å²) in [6, 6.07) is 3.46. The van der Waals surface area contributed by atoms with Gasteiger partial charge in [-0.2, -0.15) is 13.1 Å². The topological polar surface area (TPSA) is 130 Å². The van der Waals surface area contributed by atoms with Crippen molar-refractivity contribution < 1.29 is 8.76 Å². The second kappa shape index (κ2) is 5.13. The number of rotatable bonds is 3. The normalized spacial score (nSPS) is 13.4. The second-order valence-electron chi connectivity index (χ2n) is 4.50. The summed E-state index contributed by atoms with van der Waals surface area (Å²) in [4.78, 5) is 11.0. The SMILES string of the molecule is C[N+](C)(c1cc2[nH]c(N=C(N)N)nc2cc1Br)S(=O)O. The molecule has 2 aromatic rings. The third-order valence-electron chi connectivity index (χ3n) is 2.74. The zero-order valence-electron chi connectivity index (χ0n) is 10.8. The Balaban J connectivity index is 2.63. The molecule has 0 spiro atoms. The van der Waals surface area contributed by atoms with Crippen molar-refractivity contribution in [3.8, 4) is 0 Å². The third kappa shape index (κ3) is 2.68. The minimum atomic E-state index is -2.08. The molecule has 1 unspecified atom stereocenters. The summed E-state index contributed by atoms with van der Waals surface area (Å²) in [5, 5.41) is 0. The molecule has 1 heterocycles. The number of aromatic nitrogens is 2. The zero-order chi connectivity index (χ0) is 15.1. The first-order valence-corrected chi connectivity index (χ1v) is 7.32. The monoisotopic (exact) mass is 361 g/mol. The van der Waals surface area contributed by atoms with Crippen LogP contribution in [0.3, 0.4) is 0 Å². The zero-order valence-corrected chi connectivity index (χ0v) is 13.2. The highest BCUT2D eigenvalue weighted by atomic mass is 79.9. The molecule has 10 heteroatoms. The van der Waals surface area contributed by atoms with Crippen molar-refractivity contribution in [3.05, 3.63) is 16.6 Å². The quantitative estimate of drug-likeness (QED) is 0.279. The highest BCUT2D eigenvalue weighted by Gasteiger charge is 2.30. The summed E-state index contributed by atoms with van der Waals surface area (Å²) in [7, 11) is 3.24. The third-order valence-corrected chi connectivity index (χ3v) is 4.36. The number of nitrogens with zero attached hydrogens (tertiary/aromatic N) is 3. The van der Waals surface area contributed by atoms with Crippen LogP contribution in [0.4, 0.5) is 11.6 Å². The Hall–Kier alpha value is -1.49. The molecule has 0 saturated heterocycles. The number of fused-ring (bicyclic) bond motifs is 1. The molecule has 1 aromatic carbocycles. The van der Waals surface area contributed by atoms with Crippen molar-refractivity contribution >= 4 is 55.8 Å². The molecular formula is C10H14BrN6O2S+. The van der Waals surface area contributed by atoms with E-state index in [1.807, 2.05) is 0 Å². The van der Waals surface area contributed by atoms with Gasteiger partial charge in [-0.3, -0.25) is 4.55 Å². The lowest BCUT2D eigenvalue weighted by Gasteiger charge is -2.23. The van der Waals surface area contributed by atoms with Gasteiger partial charge in [-0.05, 0) is 22.0 Å². The van der Waals surface area contributed by atoms with Crippen LogP contribution in [0.15, 0.2) is 21.6 Å². The summed E-state index contributed by atoms with van der Waals surface area (Å²) in [6.45, 7) is 0. The molecule has 1 aromatic heterocycles. The fourth-order valence-corrected chi connectivity index (χ4v) is 2.89. The minimum absolute atomic E-state index is 0.101. The molecule has 6 N–H and O–H groups in total. The first-order chi connectivity index (χ1) is 9.21. The predicted molar refractivity (Wildman–Crippen MR) is 83.7 cm³/mol. The van der Waals surface area contributed by atoms with Crippen LogP contribution in [-0.2, 0) is 11.3 Å². The van der Waals surface area contributed by atoms with Crippen molar-refractivity contribution in [2.24, 2.45) is 16.5 Å². The van der Waals surface area contributed by atoms with Gasteiger partial charge in [0.2, 0.25) is 5.95 Å². The molecule has 0 saturated carbocycles. The van der Waals surface area contributed by atoms with E-state index in [0.717, 1.165) is 0 Å². The average molecular weight is 362 g/mol. The van der Waals surface area contributed by atoms with Crippen LogP contribution in [0.25, 0.3) is 11.0 Å². The highest BCUT2D eigenvalue weighted by molar-refractivity contribution is 9.10. The maximum atomic E-state index is 11.4. The Kier molecular flexibility index (Phi) is 3.82. The number of halogens is 1. The van der Waals surface area contributed by atoms with E-state index in [1.165, 1.54) is 0 Å². The number of hydrogen-bond donors (Lipinski definition) is 4. The molecule has 108 valence electrons. The van der Waals surface area contributed by atoms with Crippen molar-refractivity contribution in [2.75, 3.05) is 14.1 Å². The summed E-state index contributed by atoms with van der Waals surface area (Å²) in [5.41, 5.74) is 12.5. The van der Waals surface area contributed by atoms with E-state index < -0.39 is 11.3 Å². The maximum absolute atomic E-state index is 11.4. The lowest BCUT2D eigenvalue weighted by molar-refractivity contribution is 0.483. The Labute approximate surface area is 126 Å². The van der Waals surface area contributed by atoms with Gasteiger partial charge >= 0.3 is 11.3 Å². The van der Waals surface area contributed by atoms with Gasteiger partial charge in [-0.1, -0.05) is 0 Å². The van der Waals surface area contributed by atoms with Crippen molar-refractivity contribution in [2.45, 2.75) is 0 Å². The van der Waals surface area contributed by atoms with E-state index in [2.05, 4.69) is 30.9 Å². The Bertz CT molecular complexity index is 722. The van der Waals surface area contributed by atoms with Gasteiger partial charge in [0.05, 0.1) is 29.6 Å². The summed E-state index contributed by atoms with van der Waals surface area (Å²) < 4.78 is 21.3. The number of aromatic amines is 1. The van der Waals surface area contributed by atoms with Crippen LogP contribution in [0.2, 0.25) is 0 Å². The molecule has 0 amide bonds. The van der Waals surface area contributed by atoms with E-state index in [4.69, 9.17) is 11.5 Å².